The highest BCUT2D eigenvalue weighted by molar-refractivity contribution is 7.18. The lowest BCUT2D eigenvalue weighted by Gasteiger charge is -2.12. The first-order valence-corrected chi connectivity index (χ1v) is 9.55. The van der Waals surface area contributed by atoms with Crippen molar-refractivity contribution in [2.45, 2.75) is 13.0 Å². The zero-order valence-corrected chi connectivity index (χ0v) is 15.3. The summed E-state index contributed by atoms with van der Waals surface area (Å²) < 4.78 is 5.40. The SMILES string of the molecule is C[C@@H](OC(=O)c1cccnc1)c1nc2scc(-c3cccs3)c2c(=O)[nH]1. The highest BCUT2D eigenvalue weighted by Gasteiger charge is 2.19. The van der Waals surface area contributed by atoms with Gasteiger partial charge < -0.3 is 9.72 Å². The molecule has 4 aromatic rings. The van der Waals surface area contributed by atoms with Gasteiger partial charge in [0.1, 0.15) is 4.83 Å². The van der Waals surface area contributed by atoms with Gasteiger partial charge in [-0.15, -0.1) is 22.7 Å². The Bertz CT molecular complexity index is 1120. The van der Waals surface area contributed by atoms with Crippen molar-refractivity contribution in [3.63, 3.8) is 0 Å². The molecule has 4 rings (SSSR count). The highest BCUT2D eigenvalue weighted by Crippen LogP contribution is 2.33. The van der Waals surface area contributed by atoms with E-state index in [-0.39, 0.29) is 5.56 Å². The van der Waals surface area contributed by atoms with E-state index in [0.717, 1.165) is 10.4 Å². The molecule has 0 unspecified atom stereocenters. The summed E-state index contributed by atoms with van der Waals surface area (Å²) in [5.41, 5.74) is 0.984. The van der Waals surface area contributed by atoms with Gasteiger partial charge in [0, 0.05) is 28.2 Å². The molecular weight excluding hydrogens is 370 g/mol. The number of pyridine rings is 1. The molecule has 1 N–H and O–H groups in total. The van der Waals surface area contributed by atoms with Crippen LogP contribution in [0.1, 0.15) is 29.2 Å². The van der Waals surface area contributed by atoms with Crippen LogP contribution in [0.5, 0.6) is 0 Å². The van der Waals surface area contributed by atoms with E-state index in [2.05, 4.69) is 15.0 Å². The molecule has 4 heterocycles. The molecule has 0 spiro atoms. The Morgan fingerprint density at radius 2 is 2.15 bits per heavy atom. The lowest BCUT2D eigenvalue weighted by Crippen LogP contribution is -2.17. The summed E-state index contributed by atoms with van der Waals surface area (Å²) in [6, 6.07) is 7.19. The summed E-state index contributed by atoms with van der Waals surface area (Å²) in [5, 5.41) is 4.45. The van der Waals surface area contributed by atoms with Crippen LogP contribution < -0.4 is 5.56 Å². The second-order valence-corrected chi connectivity index (χ2v) is 7.35. The van der Waals surface area contributed by atoms with Crippen molar-refractivity contribution in [2.24, 2.45) is 0 Å². The molecule has 6 nitrogen and oxygen atoms in total. The number of H-pyrrole nitrogens is 1. The van der Waals surface area contributed by atoms with Gasteiger partial charge in [0.25, 0.3) is 5.56 Å². The molecule has 0 bridgehead atoms. The number of hydrogen-bond acceptors (Lipinski definition) is 7. The standard InChI is InChI=1S/C18H13N3O3S2/c1-10(24-18(23)11-4-2-6-19-8-11)15-20-16(22)14-12(9-26-17(14)21-15)13-5-3-7-25-13/h2-10H,1H3,(H,20,21,22)/t10-/m1/s1. The Balaban J connectivity index is 1.65. The Morgan fingerprint density at radius 1 is 1.27 bits per heavy atom. The third-order valence-corrected chi connectivity index (χ3v) is 5.59. The first-order chi connectivity index (χ1) is 12.6. The second-order valence-electron chi connectivity index (χ2n) is 5.55. The molecule has 8 heteroatoms. The zero-order chi connectivity index (χ0) is 18.1. The van der Waals surface area contributed by atoms with Gasteiger partial charge in [0.2, 0.25) is 0 Å². The van der Waals surface area contributed by atoms with Crippen molar-refractivity contribution in [2.75, 3.05) is 0 Å². The molecule has 0 fully saturated rings. The molecule has 0 aromatic carbocycles. The zero-order valence-electron chi connectivity index (χ0n) is 13.6. The van der Waals surface area contributed by atoms with Gasteiger partial charge in [0.15, 0.2) is 11.9 Å². The van der Waals surface area contributed by atoms with Gasteiger partial charge in [-0.3, -0.25) is 9.78 Å². The van der Waals surface area contributed by atoms with E-state index in [1.54, 1.807) is 36.6 Å². The molecule has 26 heavy (non-hydrogen) atoms. The summed E-state index contributed by atoms with van der Waals surface area (Å²) >= 11 is 2.97. The predicted molar refractivity (Wildman–Crippen MR) is 102 cm³/mol. The van der Waals surface area contributed by atoms with Crippen LogP contribution in [0, 0.1) is 0 Å². The number of fused-ring (bicyclic) bond motifs is 1. The van der Waals surface area contributed by atoms with Gasteiger partial charge in [-0.05, 0) is 30.5 Å². The largest absolute Gasteiger partial charge is 0.451 e. The molecule has 0 aliphatic heterocycles. The number of carbonyl (C=O) groups excluding carboxylic acids is 1. The number of nitrogens with one attached hydrogen (secondary N) is 1. The lowest BCUT2D eigenvalue weighted by molar-refractivity contribution is 0.0319. The Hall–Kier alpha value is -2.84. The third-order valence-electron chi connectivity index (χ3n) is 3.82. The van der Waals surface area contributed by atoms with Crippen molar-refractivity contribution in [3.05, 3.63) is 69.2 Å². The molecule has 0 saturated carbocycles. The number of rotatable bonds is 4. The van der Waals surface area contributed by atoms with Crippen molar-refractivity contribution < 1.29 is 9.53 Å². The summed E-state index contributed by atoms with van der Waals surface area (Å²) in [7, 11) is 0. The van der Waals surface area contributed by atoms with E-state index in [1.807, 2.05) is 22.9 Å². The van der Waals surface area contributed by atoms with Crippen LogP contribution in [0.3, 0.4) is 0 Å². The molecule has 0 amide bonds. The third kappa shape index (κ3) is 3.04. The maximum absolute atomic E-state index is 12.6. The van der Waals surface area contributed by atoms with E-state index >= 15 is 0 Å². The van der Waals surface area contributed by atoms with E-state index in [1.165, 1.54) is 17.5 Å². The van der Waals surface area contributed by atoms with Crippen LogP contribution in [-0.2, 0) is 4.74 Å². The molecule has 0 radical (unpaired) electrons. The van der Waals surface area contributed by atoms with Crippen LogP contribution in [-0.4, -0.2) is 20.9 Å². The minimum atomic E-state index is -0.688. The van der Waals surface area contributed by atoms with E-state index in [0.29, 0.717) is 21.6 Å². The second kappa shape index (κ2) is 6.81. The van der Waals surface area contributed by atoms with Crippen molar-refractivity contribution in [3.8, 4) is 10.4 Å². The number of aromatic nitrogens is 3. The minimum Gasteiger partial charge on any atom is -0.451 e. The molecule has 4 aromatic heterocycles. The monoisotopic (exact) mass is 383 g/mol. The molecule has 0 aliphatic carbocycles. The van der Waals surface area contributed by atoms with Crippen LogP contribution in [0.15, 0.2) is 52.2 Å². The van der Waals surface area contributed by atoms with Crippen molar-refractivity contribution in [1.29, 1.82) is 0 Å². The quantitative estimate of drug-likeness (QED) is 0.538. The van der Waals surface area contributed by atoms with E-state index < -0.39 is 12.1 Å². The van der Waals surface area contributed by atoms with Gasteiger partial charge in [-0.2, -0.15) is 0 Å². The molecular formula is C18H13N3O3S2. The number of hydrogen-bond donors (Lipinski definition) is 1. The van der Waals surface area contributed by atoms with Crippen LogP contribution in [0.25, 0.3) is 20.7 Å². The fourth-order valence-corrected chi connectivity index (χ4v) is 4.31. The average Bonchev–Trinajstić information content (AvgIpc) is 3.31. The maximum atomic E-state index is 12.6. The Morgan fingerprint density at radius 3 is 2.88 bits per heavy atom. The van der Waals surface area contributed by atoms with Crippen LogP contribution >= 0.6 is 22.7 Å². The number of aromatic amines is 1. The van der Waals surface area contributed by atoms with Gasteiger partial charge >= 0.3 is 5.97 Å². The fourth-order valence-electron chi connectivity index (χ4n) is 2.54. The Labute approximate surface area is 156 Å². The molecule has 0 aliphatic rings. The summed E-state index contributed by atoms with van der Waals surface area (Å²) in [6.45, 7) is 1.67. The number of thiophene rings is 2. The first kappa shape index (κ1) is 16.6. The Kier molecular flexibility index (Phi) is 4.36. The van der Waals surface area contributed by atoms with Crippen LogP contribution in [0.2, 0.25) is 0 Å². The molecule has 1 atom stereocenters. The van der Waals surface area contributed by atoms with Gasteiger partial charge in [-0.25, -0.2) is 9.78 Å². The number of carbonyl (C=O) groups is 1. The number of esters is 1. The highest BCUT2D eigenvalue weighted by atomic mass is 32.1. The predicted octanol–water partition coefficient (Wildman–Crippen LogP) is 4.03. The van der Waals surface area contributed by atoms with Gasteiger partial charge in [-0.1, -0.05) is 6.07 Å². The summed E-state index contributed by atoms with van der Waals surface area (Å²) in [5.74, 6) is -0.196. The smallest absolute Gasteiger partial charge is 0.340 e. The van der Waals surface area contributed by atoms with Crippen molar-refractivity contribution >= 4 is 38.9 Å². The van der Waals surface area contributed by atoms with Gasteiger partial charge in [0.05, 0.1) is 10.9 Å². The van der Waals surface area contributed by atoms with Crippen molar-refractivity contribution in [1.82, 2.24) is 15.0 Å². The minimum absolute atomic E-state index is 0.237. The van der Waals surface area contributed by atoms with Crippen LogP contribution in [0.4, 0.5) is 0 Å². The van der Waals surface area contributed by atoms with E-state index in [4.69, 9.17) is 4.74 Å². The van der Waals surface area contributed by atoms with E-state index in [9.17, 15) is 9.59 Å². The normalized spacial score (nSPS) is 12.2. The molecule has 0 saturated heterocycles. The summed E-state index contributed by atoms with van der Waals surface area (Å²) in [4.78, 5) is 37.5. The fraction of sp³-hybridized carbons (Fsp3) is 0.111. The summed E-state index contributed by atoms with van der Waals surface area (Å²) in [6.07, 6.45) is 2.32. The maximum Gasteiger partial charge on any atom is 0.340 e. The number of ether oxygens (including phenoxy) is 1. The average molecular weight is 383 g/mol. The lowest BCUT2D eigenvalue weighted by atomic mass is 10.2. The number of nitrogens with zero attached hydrogens (tertiary/aromatic N) is 2. The molecule has 130 valence electrons. The first-order valence-electron chi connectivity index (χ1n) is 7.80. The topological polar surface area (TPSA) is 84.9 Å².